The number of nitrogens with zero attached hydrogens (tertiary/aromatic N) is 2. The molecule has 35 heavy (non-hydrogen) atoms. The number of likely N-dealkylation sites (N-methyl/N-ethyl adjacent to an activating group) is 1. The lowest BCUT2D eigenvalue weighted by atomic mass is 10.0. The number of esters is 1. The van der Waals surface area contributed by atoms with Crippen LogP contribution in [0.15, 0.2) is 29.2 Å². The van der Waals surface area contributed by atoms with Crippen molar-refractivity contribution in [2.75, 3.05) is 38.6 Å². The smallest absolute Gasteiger partial charge is 0.341 e. The molecular weight excluding hydrogens is 510 g/mol. The zero-order valence-corrected chi connectivity index (χ0v) is 22.5. The second-order valence-electron chi connectivity index (χ2n) is 8.62. The first kappa shape index (κ1) is 27.6. The molecule has 8 nitrogen and oxygen atoms in total. The monoisotopic (exact) mass is 541 g/mol. The van der Waals surface area contributed by atoms with Crippen molar-refractivity contribution in [2.24, 2.45) is 0 Å². The fraction of sp³-hybridized carbons (Fsp3) is 0.500. The number of benzene rings is 1. The van der Waals surface area contributed by atoms with E-state index in [1.54, 1.807) is 0 Å². The van der Waals surface area contributed by atoms with E-state index in [4.69, 9.17) is 4.74 Å². The molecule has 0 atom stereocenters. The summed E-state index contributed by atoms with van der Waals surface area (Å²) in [7, 11) is -2.24. The highest BCUT2D eigenvalue weighted by molar-refractivity contribution is 7.89. The molecular formula is C24H32ClN3O5S2. The zero-order valence-electron chi connectivity index (χ0n) is 20.0. The van der Waals surface area contributed by atoms with Crippen molar-refractivity contribution in [3.63, 3.8) is 0 Å². The molecule has 4 rings (SSSR count). The summed E-state index contributed by atoms with van der Waals surface area (Å²) < 4.78 is 32.5. The Balaban J connectivity index is 0.00000342. The number of methoxy groups -OCH3 is 1. The average molecular weight is 542 g/mol. The SMILES string of the molecule is CCN1CCc2c(sc(NC(=O)c3ccc(S(=O)(=O)N4CCCCCC4)cc3)c2C(=O)OC)C1.Cl. The number of carbonyl (C=O) groups is 2. The van der Waals surface area contributed by atoms with Crippen LogP contribution in [0.1, 0.15) is 63.8 Å². The van der Waals surface area contributed by atoms with E-state index < -0.39 is 21.9 Å². The van der Waals surface area contributed by atoms with Gasteiger partial charge in [0.1, 0.15) is 5.00 Å². The lowest BCUT2D eigenvalue weighted by Crippen LogP contribution is -2.31. The molecule has 0 unspecified atom stereocenters. The minimum atomic E-state index is -3.58. The molecule has 0 saturated carbocycles. The Bertz CT molecular complexity index is 1160. The minimum Gasteiger partial charge on any atom is -0.465 e. The predicted octanol–water partition coefficient (Wildman–Crippen LogP) is 4.15. The van der Waals surface area contributed by atoms with E-state index in [2.05, 4.69) is 17.1 Å². The van der Waals surface area contributed by atoms with E-state index in [1.807, 2.05) is 0 Å². The first-order chi connectivity index (χ1) is 16.3. The van der Waals surface area contributed by atoms with Gasteiger partial charge in [-0.2, -0.15) is 4.31 Å². The van der Waals surface area contributed by atoms with Crippen molar-refractivity contribution in [1.82, 2.24) is 9.21 Å². The van der Waals surface area contributed by atoms with Gasteiger partial charge in [-0.3, -0.25) is 9.69 Å². The molecule has 2 aliphatic heterocycles. The van der Waals surface area contributed by atoms with E-state index in [0.29, 0.717) is 29.2 Å². The maximum absolute atomic E-state index is 13.0. The predicted molar refractivity (Wildman–Crippen MR) is 139 cm³/mol. The van der Waals surface area contributed by atoms with Crippen LogP contribution in [-0.4, -0.2) is 62.8 Å². The molecule has 1 aromatic heterocycles. The standard InChI is InChI=1S/C24H31N3O5S2.ClH/c1-3-26-15-12-19-20(16-26)33-23(21(19)24(29)32-2)25-22(28)17-8-10-18(11-9-17)34(30,31)27-13-6-4-5-7-14-27;/h8-11H,3-7,12-16H2,1-2H3,(H,25,28);1H. The second-order valence-corrected chi connectivity index (χ2v) is 11.7. The highest BCUT2D eigenvalue weighted by Gasteiger charge is 2.29. The number of carbonyl (C=O) groups excluding carboxylic acids is 2. The largest absolute Gasteiger partial charge is 0.465 e. The lowest BCUT2D eigenvalue weighted by Gasteiger charge is -2.25. The number of thiophene rings is 1. The van der Waals surface area contributed by atoms with Gasteiger partial charge in [-0.15, -0.1) is 23.7 Å². The number of nitrogens with one attached hydrogen (secondary N) is 1. The molecule has 0 spiro atoms. The van der Waals surface area contributed by atoms with E-state index >= 15 is 0 Å². The van der Waals surface area contributed by atoms with Crippen molar-refractivity contribution in [3.05, 3.63) is 45.8 Å². The Morgan fingerprint density at radius 1 is 1.06 bits per heavy atom. The second kappa shape index (κ2) is 11.8. The van der Waals surface area contributed by atoms with Crippen LogP contribution in [-0.2, 0) is 27.7 Å². The topological polar surface area (TPSA) is 96.0 Å². The van der Waals surface area contributed by atoms with Crippen molar-refractivity contribution >= 4 is 50.6 Å². The Labute approximate surface area is 217 Å². The quantitative estimate of drug-likeness (QED) is 0.552. The first-order valence-electron chi connectivity index (χ1n) is 11.7. The summed E-state index contributed by atoms with van der Waals surface area (Å²) in [6.45, 7) is 5.65. The van der Waals surface area contributed by atoms with E-state index in [-0.39, 0.29) is 17.3 Å². The number of rotatable bonds is 6. The minimum absolute atomic E-state index is 0. The molecule has 1 saturated heterocycles. The average Bonchev–Trinajstić information content (AvgIpc) is 3.00. The third kappa shape index (κ3) is 5.89. The summed E-state index contributed by atoms with van der Waals surface area (Å²) in [4.78, 5) is 29.0. The van der Waals surface area contributed by atoms with E-state index in [0.717, 1.165) is 62.2 Å². The molecule has 2 aromatic rings. The maximum Gasteiger partial charge on any atom is 0.341 e. The first-order valence-corrected chi connectivity index (χ1v) is 14.0. The van der Waals surface area contributed by atoms with E-state index in [1.165, 1.54) is 47.0 Å². The third-order valence-corrected chi connectivity index (χ3v) is 9.56. The van der Waals surface area contributed by atoms with Crippen LogP contribution < -0.4 is 5.32 Å². The van der Waals surface area contributed by atoms with Crippen molar-refractivity contribution in [3.8, 4) is 0 Å². The highest BCUT2D eigenvalue weighted by Crippen LogP contribution is 2.38. The number of halogens is 1. The van der Waals surface area contributed by atoms with Gasteiger partial charge < -0.3 is 10.1 Å². The van der Waals surface area contributed by atoms with Crippen LogP contribution in [0.5, 0.6) is 0 Å². The molecule has 2 aliphatic rings. The summed E-state index contributed by atoms with van der Waals surface area (Å²) in [6.07, 6.45) is 4.54. The fourth-order valence-corrected chi connectivity index (χ4v) is 7.31. The van der Waals surface area contributed by atoms with E-state index in [9.17, 15) is 18.0 Å². The van der Waals surface area contributed by atoms with Gasteiger partial charge in [0.05, 0.1) is 17.6 Å². The van der Waals surface area contributed by atoms with Gasteiger partial charge in [0.15, 0.2) is 0 Å². The van der Waals surface area contributed by atoms with Gasteiger partial charge in [0, 0.05) is 36.6 Å². The molecule has 0 aliphatic carbocycles. The molecule has 1 aromatic carbocycles. The van der Waals surface area contributed by atoms with Crippen LogP contribution in [0.2, 0.25) is 0 Å². The zero-order chi connectivity index (χ0) is 24.3. The van der Waals surface area contributed by atoms with Gasteiger partial charge in [0.2, 0.25) is 10.0 Å². The molecule has 3 heterocycles. The number of fused-ring (bicyclic) bond motifs is 1. The Morgan fingerprint density at radius 2 is 1.71 bits per heavy atom. The summed E-state index contributed by atoms with van der Waals surface area (Å²) in [6, 6.07) is 6.00. The molecule has 1 amide bonds. The van der Waals surface area contributed by atoms with Crippen LogP contribution in [0.25, 0.3) is 0 Å². The number of anilines is 1. The molecule has 11 heteroatoms. The Kier molecular flexibility index (Phi) is 9.34. The van der Waals surface area contributed by atoms with Gasteiger partial charge in [0.25, 0.3) is 5.91 Å². The maximum atomic E-state index is 13.0. The van der Waals surface area contributed by atoms with Crippen LogP contribution in [0.4, 0.5) is 5.00 Å². The third-order valence-electron chi connectivity index (χ3n) is 6.52. The molecule has 1 N–H and O–H groups in total. The number of hydrogen-bond acceptors (Lipinski definition) is 7. The van der Waals surface area contributed by atoms with Crippen LogP contribution in [0.3, 0.4) is 0 Å². The number of ether oxygens (including phenoxy) is 1. The van der Waals surface area contributed by atoms with Crippen molar-refractivity contribution in [2.45, 2.75) is 50.5 Å². The summed E-state index contributed by atoms with van der Waals surface area (Å²) >= 11 is 1.40. The normalized spacial score (nSPS) is 17.1. The Hall–Kier alpha value is -1.98. The highest BCUT2D eigenvalue weighted by atomic mass is 35.5. The summed E-state index contributed by atoms with van der Waals surface area (Å²) in [5.74, 6) is -0.855. The molecule has 0 radical (unpaired) electrons. The number of hydrogen-bond donors (Lipinski definition) is 1. The van der Waals surface area contributed by atoms with Gasteiger partial charge in [-0.1, -0.05) is 19.8 Å². The fourth-order valence-electron chi connectivity index (χ4n) is 4.52. The van der Waals surface area contributed by atoms with Crippen molar-refractivity contribution in [1.29, 1.82) is 0 Å². The van der Waals surface area contributed by atoms with Crippen LogP contribution in [0, 0.1) is 0 Å². The summed E-state index contributed by atoms with van der Waals surface area (Å²) in [5, 5.41) is 3.34. The molecule has 192 valence electrons. The summed E-state index contributed by atoms with van der Waals surface area (Å²) in [5.41, 5.74) is 1.69. The van der Waals surface area contributed by atoms with Gasteiger partial charge in [-0.05, 0) is 55.6 Å². The Morgan fingerprint density at radius 3 is 2.31 bits per heavy atom. The number of amides is 1. The molecule has 1 fully saturated rings. The van der Waals surface area contributed by atoms with Crippen molar-refractivity contribution < 1.29 is 22.7 Å². The van der Waals surface area contributed by atoms with Gasteiger partial charge >= 0.3 is 5.97 Å². The lowest BCUT2D eigenvalue weighted by molar-refractivity contribution is 0.0600. The van der Waals surface area contributed by atoms with Crippen LogP contribution >= 0.6 is 23.7 Å². The van der Waals surface area contributed by atoms with Gasteiger partial charge in [-0.25, -0.2) is 13.2 Å². The molecule has 0 bridgehead atoms. The number of sulfonamides is 1.